The van der Waals surface area contributed by atoms with Gasteiger partial charge in [0.15, 0.2) is 0 Å². The van der Waals surface area contributed by atoms with Gasteiger partial charge in [0.2, 0.25) is 0 Å². The quantitative estimate of drug-likeness (QED) is 0.308. The highest BCUT2D eigenvalue weighted by molar-refractivity contribution is 5.83. The molecule has 0 aliphatic heterocycles. The topological polar surface area (TPSA) is 91.1 Å². The Morgan fingerprint density at radius 3 is 2.34 bits per heavy atom. The van der Waals surface area contributed by atoms with Gasteiger partial charge < -0.3 is 14.4 Å². The first kappa shape index (κ1) is 24.7. The van der Waals surface area contributed by atoms with E-state index < -0.39 is 0 Å². The van der Waals surface area contributed by atoms with Crippen LogP contribution in [0.1, 0.15) is 17.2 Å². The Balaban J connectivity index is 1.58. The van der Waals surface area contributed by atoms with Gasteiger partial charge in [-0.2, -0.15) is 5.10 Å². The summed E-state index contributed by atoms with van der Waals surface area (Å²) in [7, 11) is 5.14. The lowest BCUT2D eigenvalue weighted by molar-refractivity contribution is 0.394. The first-order valence-electron chi connectivity index (χ1n) is 12.0. The van der Waals surface area contributed by atoms with Crippen molar-refractivity contribution in [2.75, 3.05) is 25.7 Å². The third-order valence-corrected chi connectivity index (χ3v) is 5.91. The molecule has 0 fully saturated rings. The normalized spacial score (nSPS) is 10.7. The zero-order valence-electron chi connectivity index (χ0n) is 21.9. The van der Waals surface area contributed by atoms with Gasteiger partial charge in [-0.05, 0) is 44.0 Å². The summed E-state index contributed by atoms with van der Waals surface area (Å²) in [5, 5.41) is 4.25. The van der Waals surface area contributed by atoms with Crippen LogP contribution < -0.4 is 14.4 Å². The molecule has 0 amide bonds. The summed E-state index contributed by atoms with van der Waals surface area (Å²) in [6.07, 6.45) is 5.46. The summed E-state index contributed by atoms with van der Waals surface area (Å²) in [5.41, 5.74) is 6.55. The summed E-state index contributed by atoms with van der Waals surface area (Å²) in [6, 6.07) is 13.6. The van der Waals surface area contributed by atoms with Crippen LogP contribution in [-0.4, -0.2) is 50.5 Å². The minimum Gasteiger partial charge on any atom is -0.497 e. The summed E-state index contributed by atoms with van der Waals surface area (Å²) in [5.74, 6) is 8.51. The molecule has 2 aromatic carbocycles. The van der Waals surface area contributed by atoms with Crippen LogP contribution in [0.5, 0.6) is 11.5 Å². The molecule has 190 valence electrons. The number of benzene rings is 2. The van der Waals surface area contributed by atoms with E-state index in [1.54, 1.807) is 31.3 Å². The molecule has 0 bridgehead atoms. The first-order chi connectivity index (χ1) is 18.4. The molecule has 0 saturated carbocycles. The van der Waals surface area contributed by atoms with Crippen molar-refractivity contribution in [1.29, 1.82) is 0 Å². The minimum atomic E-state index is 0.389. The van der Waals surface area contributed by atoms with Crippen LogP contribution in [0.4, 0.5) is 11.4 Å². The molecule has 5 aromatic rings. The molecule has 0 spiro atoms. The molecule has 38 heavy (non-hydrogen) atoms. The highest BCUT2D eigenvalue weighted by atomic mass is 16.5. The number of hydrogen-bond donors (Lipinski definition) is 0. The summed E-state index contributed by atoms with van der Waals surface area (Å²) in [6.45, 7) is 4.19. The number of hydrogen-bond acceptors (Lipinski definition) is 8. The minimum absolute atomic E-state index is 0.389. The molecule has 5 rings (SSSR count). The number of ether oxygens (including phenoxy) is 2. The molecule has 0 aliphatic carbocycles. The smallest absolute Gasteiger partial charge is 0.126 e. The molecule has 3 aromatic heterocycles. The number of anilines is 2. The molecule has 3 heterocycles. The van der Waals surface area contributed by atoms with Gasteiger partial charge in [0.25, 0.3) is 0 Å². The van der Waals surface area contributed by atoms with E-state index in [9.17, 15) is 0 Å². The van der Waals surface area contributed by atoms with Gasteiger partial charge in [-0.3, -0.25) is 9.67 Å². The number of aryl methyl sites for hydroxylation is 3. The summed E-state index contributed by atoms with van der Waals surface area (Å²) < 4.78 is 12.8. The Kier molecular flexibility index (Phi) is 6.87. The molecule has 9 nitrogen and oxygen atoms in total. The van der Waals surface area contributed by atoms with Crippen molar-refractivity contribution in [2.45, 2.75) is 13.8 Å². The van der Waals surface area contributed by atoms with Gasteiger partial charge in [-0.25, -0.2) is 15.0 Å². The fourth-order valence-electron chi connectivity index (χ4n) is 4.13. The maximum absolute atomic E-state index is 5.53. The second-order valence-electron chi connectivity index (χ2n) is 8.73. The van der Waals surface area contributed by atoms with Crippen LogP contribution in [0.15, 0.2) is 61.1 Å². The zero-order chi connectivity index (χ0) is 26.6. The Labute approximate surface area is 221 Å². The van der Waals surface area contributed by atoms with Gasteiger partial charge in [-0.1, -0.05) is 5.92 Å². The molecule has 0 radical (unpaired) electrons. The maximum atomic E-state index is 5.53. The highest BCUT2D eigenvalue weighted by Gasteiger charge is 2.14. The van der Waals surface area contributed by atoms with Crippen molar-refractivity contribution in [1.82, 2.24) is 29.7 Å². The van der Waals surface area contributed by atoms with Crippen LogP contribution in [-0.2, 0) is 7.05 Å². The van der Waals surface area contributed by atoms with E-state index in [2.05, 4.69) is 36.8 Å². The fourth-order valence-corrected chi connectivity index (χ4v) is 4.13. The van der Waals surface area contributed by atoms with E-state index in [1.807, 2.05) is 69.6 Å². The first-order valence-corrected chi connectivity index (χ1v) is 12.0. The van der Waals surface area contributed by atoms with Crippen molar-refractivity contribution in [3.05, 3.63) is 78.3 Å². The lowest BCUT2D eigenvalue weighted by Gasteiger charge is -2.24. The van der Waals surface area contributed by atoms with Crippen LogP contribution in [0.2, 0.25) is 0 Å². The van der Waals surface area contributed by atoms with Gasteiger partial charge in [-0.15, -0.1) is 0 Å². The maximum Gasteiger partial charge on any atom is 0.126 e. The predicted octanol–water partition coefficient (Wildman–Crippen LogP) is 4.64. The van der Waals surface area contributed by atoms with E-state index in [1.165, 1.54) is 0 Å². The van der Waals surface area contributed by atoms with E-state index in [0.29, 0.717) is 29.6 Å². The molecule has 9 heteroatoms. The van der Waals surface area contributed by atoms with Crippen LogP contribution >= 0.6 is 0 Å². The molecule has 0 atom stereocenters. The SMILES string of the molecule is COc1cc(OC)cc(N(CC#Cc2cc(C)nc(C)n2)c2ccc3ncc(-c4cnn(C)c4)nc3c2)c1. The molecule has 0 saturated heterocycles. The van der Waals surface area contributed by atoms with E-state index in [4.69, 9.17) is 14.5 Å². The predicted molar refractivity (Wildman–Crippen MR) is 147 cm³/mol. The second kappa shape index (κ2) is 10.6. The Morgan fingerprint density at radius 1 is 0.868 bits per heavy atom. The number of aromatic nitrogens is 6. The van der Waals surface area contributed by atoms with Crippen molar-refractivity contribution in [3.8, 4) is 34.6 Å². The lowest BCUT2D eigenvalue weighted by Crippen LogP contribution is -2.17. The average molecular weight is 506 g/mol. The molecule has 0 unspecified atom stereocenters. The average Bonchev–Trinajstić information content (AvgIpc) is 3.36. The van der Waals surface area contributed by atoms with E-state index in [-0.39, 0.29) is 0 Å². The number of nitrogens with zero attached hydrogens (tertiary/aromatic N) is 7. The zero-order valence-corrected chi connectivity index (χ0v) is 21.9. The van der Waals surface area contributed by atoms with Crippen molar-refractivity contribution >= 4 is 22.4 Å². The van der Waals surface area contributed by atoms with Crippen LogP contribution in [0, 0.1) is 25.7 Å². The number of methoxy groups -OCH3 is 2. The molecular weight excluding hydrogens is 478 g/mol. The van der Waals surface area contributed by atoms with Gasteiger partial charge in [0, 0.05) is 54.1 Å². The summed E-state index contributed by atoms with van der Waals surface area (Å²) >= 11 is 0. The van der Waals surface area contributed by atoms with Gasteiger partial charge >= 0.3 is 0 Å². The second-order valence-corrected chi connectivity index (χ2v) is 8.73. The Hall–Kier alpha value is -4.97. The third-order valence-electron chi connectivity index (χ3n) is 5.91. The van der Waals surface area contributed by atoms with Crippen molar-refractivity contribution < 1.29 is 9.47 Å². The molecule has 0 aliphatic rings. The van der Waals surface area contributed by atoms with Crippen LogP contribution in [0.25, 0.3) is 22.3 Å². The van der Waals surface area contributed by atoms with E-state index >= 15 is 0 Å². The molecule has 0 N–H and O–H groups in total. The van der Waals surface area contributed by atoms with E-state index in [0.717, 1.165) is 39.4 Å². The Bertz CT molecular complexity index is 1640. The number of rotatable bonds is 6. The van der Waals surface area contributed by atoms with Gasteiger partial charge in [0.1, 0.15) is 23.0 Å². The standard InChI is InChI=1S/C29H27N7O2/c1-19-11-22(33-20(2)32-19)7-6-10-36(24-12-25(37-4)15-26(13-24)38-5)23-8-9-27-28(14-23)34-29(17-30-27)21-16-31-35(3)18-21/h8-9,11-18H,10H2,1-5H3. The number of fused-ring (bicyclic) bond motifs is 1. The molecular formula is C29H27N7O2. The monoisotopic (exact) mass is 505 g/mol. The third kappa shape index (κ3) is 5.39. The lowest BCUT2D eigenvalue weighted by atomic mass is 10.2. The van der Waals surface area contributed by atoms with Crippen molar-refractivity contribution in [2.24, 2.45) is 7.05 Å². The van der Waals surface area contributed by atoms with Gasteiger partial charge in [0.05, 0.1) is 49.9 Å². The van der Waals surface area contributed by atoms with Crippen LogP contribution in [0.3, 0.4) is 0 Å². The summed E-state index contributed by atoms with van der Waals surface area (Å²) in [4.78, 5) is 20.3. The van der Waals surface area contributed by atoms with Crippen molar-refractivity contribution in [3.63, 3.8) is 0 Å². The highest BCUT2D eigenvalue weighted by Crippen LogP contribution is 2.34. The largest absolute Gasteiger partial charge is 0.497 e. The fraction of sp³-hybridized carbons (Fsp3) is 0.207. The Morgan fingerprint density at radius 2 is 1.66 bits per heavy atom.